The van der Waals surface area contributed by atoms with Gasteiger partial charge in [-0.25, -0.2) is 0 Å². The smallest absolute Gasteiger partial charge is 0.234 e. The molecule has 0 radical (unpaired) electrons. The molecule has 1 amide bonds. The lowest BCUT2D eigenvalue weighted by Gasteiger charge is -2.45. The summed E-state index contributed by atoms with van der Waals surface area (Å²) in [6, 6.07) is 0.208. The Labute approximate surface area is 77.5 Å². The lowest BCUT2D eigenvalue weighted by molar-refractivity contribution is -0.119. The van der Waals surface area contributed by atoms with Crippen LogP contribution >= 0.6 is 11.8 Å². The Balaban J connectivity index is 2.37. The first kappa shape index (κ1) is 9.86. The number of carbonyl (C=O) groups is 1. The first-order valence-electron chi connectivity index (χ1n) is 4.13. The van der Waals surface area contributed by atoms with Crippen molar-refractivity contribution in [3.05, 3.63) is 0 Å². The fourth-order valence-electron chi connectivity index (χ4n) is 1.13. The molecule has 0 aromatic heterocycles. The predicted octanol–water partition coefficient (Wildman–Crippen LogP) is 0.344. The van der Waals surface area contributed by atoms with Crippen LogP contribution in [0.5, 0.6) is 0 Å². The molecule has 12 heavy (non-hydrogen) atoms. The van der Waals surface area contributed by atoms with E-state index in [1.54, 1.807) is 6.92 Å². The van der Waals surface area contributed by atoms with Gasteiger partial charge in [-0.2, -0.15) is 11.8 Å². The number of hydrogen-bond acceptors (Lipinski definition) is 3. The van der Waals surface area contributed by atoms with E-state index in [1.807, 2.05) is 11.8 Å². The zero-order valence-corrected chi connectivity index (χ0v) is 8.57. The highest BCUT2D eigenvalue weighted by Crippen LogP contribution is 2.39. The maximum absolute atomic E-state index is 10.7. The Hall–Kier alpha value is -0.220. The zero-order chi connectivity index (χ0) is 9.35. The van der Waals surface area contributed by atoms with E-state index in [0.29, 0.717) is 6.04 Å². The van der Waals surface area contributed by atoms with E-state index in [1.165, 1.54) is 0 Å². The monoisotopic (exact) mass is 188 g/mol. The second kappa shape index (κ2) is 3.26. The maximum atomic E-state index is 10.7. The number of nitrogens with two attached hydrogens (primary N) is 1. The Kier molecular flexibility index (Phi) is 2.68. The van der Waals surface area contributed by atoms with Crippen molar-refractivity contribution in [1.29, 1.82) is 0 Å². The van der Waals surface area contributed by atoms with Crippen molar-refractivity contribution >= 4 is 17.7 Å². The third-order valence-corrected chi connectivity index (χ3v) is 3.87. The summed E-state index contributed by atoms with van der Waals surface area (Å²) in [6.45, 7) is 6.15. The number of hydrogen-bond donors (Lipinski definition) is 2. The van der Waals surface area contributed by atoms with Crippen LogP contribution in [0.15, 0.2) is 0 Å². The highest BCUT2D eigenvalue weighted by Gasteiger charge is 2.40. The number of nitrogens with one attached hydrogen (secondary N) is 1. The molecule has 1 fully saturated rings. The van der Waals surface area contributed by atoms with Crippen LogP contribution in [0.4, 0.5) is 0 Å². The lowest BCUT2D eigenvalue weighted by Crippen LogP contribution is -2.59. The summed E-state index contributed by atoms with van der Waals surface area (Å²) < 4.78 is 0.254. The van der Waals surface area contributed by atoms with Gasteiger partial charge < -0.3 is 11.1 Å². The molecule has 0 spiro atoms. The fourth-order valence-corrected chi connectivity index (χ4v) is 2.30. The lowest BCUT2D eigenvalue weighted by atomic mass is 10.0. The molecule has 1 aliphatic heterocycles. The average molecular weight is 188 g/mol. The molecule has 1 saturated heterocycles. The van der Waals surface area contributed by atoms with E-state index in [4.69, 9.17) is 5.73 Å². The predicted molar refractivity (Wildman–Crippen MR) is 52.1 cm³/mol. The third kappa shape index (κ3) is 1.93. The summed E-state index contributed by atoms with van der Waals surface area (Å²) in [6.07, 6.45) is 0. The molecule has 4 heteroatoms. The van der Waals surface area contributed by atoms with Crippen molar-refractivity contribution in [2.45, 2.75) is 37.6 Å². The summed E-state index contributed by atoms with van der Waals surface area (Å²) in [4.78, 5) is 10.7. The van der Waals surface area contributed by atoms with Gasteiger partial charge in [0.05, 0.1) is 6.04 Å². The summed E-state index contributed by atoms with van der Waals surface area (Å²) >= 11 is 1.91. The molecule has 1 heterocycles. The van der Waals surface area contributed by atoms with Crippen LogP contribution in [0.2, 0.25) is 0 Å². The minimum absolute atomic E-state index is 0.213. The molecule has 0 aromatic rings. The highest BCUT2D eigenvalue weighted by atomic mass is 32.2. The normalized spacial score (nSPS) is 29.1. The molecule has 70 valence electrons. The minimum Gasteiger partial charge on any atom is -0.368 e. The summed E-state index contributed by atoms with van der Waals surface area (Å²) in [5.41, 5.74) is 5.14. The molecule has 1 rings (SSSR count). The average Bonchev–Trinajstić information content (AvgIpc) is 1.97. The molecular formula is C8H16N2OS. The molecule has 0 saturated carbocycles. The van der Waals surface area contributed by atoms with Crippen molar-refractivity contribution < 1.29 is 4.79 Å². The van der Waals surface area contributed by atoms with Gasteiger partial charge in [-0.05, 0) is 20.8 Å². The summed E-state index contributed by atoms with van der Waals surface area (Å²) in [7, 11) is 0. The van der Waals surface area contributed by atoms with Gasteiger partial charge in [-0.3, -0.25) is 4.79 Å². The largest absolute Gasteiger partial charge is 0.368 e. The van der Waals surface area contributed by atoms with Crippen molar-refractivity contribution in [3.8, 4) is 0 Å². The van der Waals surface area contributed by atoms with Gasteiger partial charge in [0, 0.05) is 16.5 Å². The molecule has 1 aliphatic rings. The topological polar surface area (TPSA) is 55.1 Å². The number of primary amides is 1. The first-order valence-corrected chi connectivity index (χ1v) is 5.11. The van der Waals surface area contributed by atoms with Crippen LogP contribution in [0.25, 0.3) is 0 Å². The Morgan fingerprint density at radius 2 is 2.33 bits per heavy atom. The Bertz CT molecular complexity index is 193. The van der Waals surface area contributed by atoms with E-state index in [-0.39, 0.29) is 16.7 Å². The van der Waals surface area contributed by atoms with Crippen molar-refractivity contribution in [1.82, 2.24) is 5.32 Å². The number of carbonyl (C=O) groups excluding carboxylic acids is 1. The highest BCUT2D eigenvalue weighted by molar-refractivity contribution is 8.02. The minimum atomic E-state index is -0.275. The zero-order valence-electron chi connectivity index (χ0n) is 7.76. The van der Waals surface area contributed by atoms with Gasteiger partial charge in [-0.1, -0.05) is 0 Å². The molecule has 0 aliphatic carbocycles. The molecule has 3 nitrogen and oxygen atoms in total. The molecule has 2 unspecified atom stereocenters. The summed E-state index contributed by atoms with van der Waals surface area (Å²) in [5, 5.41) is 3.21. The van der Waals surface area contributed by atoms with Gasteiger partial charge in [0.25, 0.3) is 0 Å². The maximum Gasteiger partial charge on any atom is 0.234 e. The number of thioether (sulfide) groups is 1. The number of amides is 1. The molecular weight excluding hydrogens is 172 g/mol. The van der Waals surface area contributed by atoms with Gasteiger partial charge >= 0.3 is 0 Å². The molecule has 2 atom stereocenters. The van der Waals surface area contributed by atoms with Crippen LogP contribution in [-0.2, 0) is 4.79 Å². The van der Waals surface area contributed by atoms with Crippen molar-refractivity contribution in [2.75, 3.05) is 5.75 Å². The van der Waals surface area contributed by atoms with Crippen molar-refractivity contribution in [2.24, 2.45) is 5.73 Å². The van der Waals surface area contributed by atoms with Crippen LogP contribution in [-0.4, -0.2) is 28.5 Å². The van der Waals surface area contributed by atoms with E-state index in [0.717, 1.165) is 5.75 Å². The second-order valence-corrected chi connectivity index (χ2v) is 5.43. The van der Waals surface area contributed by atoms with Crippen LogP contribution in [0, 0.1) is 0 Å². The van der Waals surface area contributed by atoms with Gasteiger partial charge in [0.2, 0.25) is 5.91 Å². The second-order valence-electron chi connectivity index (χ2n) is 3.76. The third-order valence-electron chi connectivity index (χ3n) is 2.34. The van der Waals surface area contributed by atoms with Crippen molar-refractivity contribution in [3.63, 3.8) is 0 Å². The van der Waals surface area contributed by atoms with Crippen LogP contribution < -0.4 is 11.1 Å². The molecule has 3 N–H and O–H groups in total. The van der Waals surface area contributed by atoms with E-state index in [9.17, 15) is 4.79 Å². The van der Waals surface area contributed by atoms with E-state index < -0.39 is 0 Å². The van der Waals surface area contributed by atoms with E-state index >= 15 is 0 Å². The Morgan fingerprint density at radius 3 is 2.58 bits per heavy atom. The number of rotatable bonds is 3. The standard InChI is InChI=1S/C8H16N2OS/c1-5(7(9)11)10-6-4-12-8(6,2)3/h5-6,10H,4H2,1-3H3,(H2,9,11). The van der Waals surface area contributed by atoms with E-state index in [2.05, 4.69) is 19.2 Å². The SMILES string of the molecule is CC(NC1CSC1(C)C)C(N)=O. The Morgan fingerprint density at radius 1 is 1.75 bits per heavy atom. The van der Waals surface area contributed by atoms with Crippen LogP contribution in [0.1, 0.15) is 20.8 Å². The molecule has 0 aromatic carbocycles. The summed E-state index contributed by atoms with van der Waals surface area (Å²) in [5.74, 6) is 0.799. The first-order chi connectivity index (χ1) is 5.43. The molecule has 0 bridgehead atoms. The van der Waals surface area contributed by atoms with Crippen LogP contribution in [0.3, 0.4) is 0 Å². The van der Waals surface area contributed by atoms with Gasteiger partial charge in [0.15, 0.2) is 0 Å². The van der Waals surface area contributed by atoms with Gasteiger partial charge in [0.1, 0.15) is 0 Å². The fraction of sp³-hybridized carbons (Fsp3) is 0.875. The quantitative estimate of drug-likeness (QED) is 0.671. The van der Waals surface area contributed by atoms with Gasteiger partial charge in [-0.15, -0.1) is 0 Å².